The summed E-state index contributed by atoms with van der Waals surface area (Å²) in [5.74, 6) is 0.440. The number of hydrogen-bond donors (Lipinski definition) is 1. The molecule has 1 aliphatic heterocycles. The fourth-order valence-corrected chi connectivity index (χ4v) is 2.85. The molecule has 1 aliphatic rings. The van der Waals surface area contributed by atoms with Gasteiger partial charge in [-0.05, 0) is 37.6 Å². The Labute approximate surface area is 108 Å². The van der Waals surface area contributed by atoms with Gasteiger partial charge in [0.1, 0.15) is 5.82 Å². The molecule has 18 heavy (non-hydrogen) atoms. The molecule has 0 radical (unpaired) electrons. The number of rotatable bonds is 4. The highest BCUT2D eigenvalue weighted by molar-refractivity contribution is 5.10. The number of aromatic nitrogens is 1. The van der Waals surface area contributed by atoms with Crippen molar-refractivity contribution in [3.8, 4) is 0 Å². The maximum Gasteiger partial charge on any atom is 0.141 e. The molecule has 2 rings (SSSR count). The van der Waals surface area contributed by atoms with Gasteiger partial charge in [-0.15, -0.1) is 0 Å². The van der Waals surface area contributed by atoms with Crippen molar-refractivity contribution in [2.75, 3.05) is 20.1 Å². The molecule has 1 fully saturated rings. The highest BCUT2D eigenvalue weighted by Gasteiger charge is 2.26. The molecule has 1 aromatic rings. The molecule has 4 heteroatoms. The number of nitrogens with one attached hydrogen (secondary N) is 1. The van der Waals surface area contributed by atoms with Crippen molar-refractivity contribution in [1.29, 1.82) is 0 Å². The lowest BCUT2D eigenvalue weighted by Gasteiger charge is -2.38. The van der Waals surface area contributed by atoms with Crippen molar-refractivity contribution in [3.63, 3.8) is 0 Å². The van der Waals surface area contributed by atoms with Crippen LogP contribution in [-0.4, -0.2) is 36.1 Å². The van der Waals surface area contributed by atoms with Gasteiger partial charge in [-0.2, -0.15) is 0 Å². The van der Waals surface area contributed by atoms with E-state index >= 15 is 0 Å². The molecule has 0 spiro atoms. The van der Waals surface area contributed by atoms with Crippen LogP contribution in [0.1, 0.15) is 25.3 Å². The molecule has 2 heterocycles. The molecule has 1 N–H and O–H groups in total. The summed E-state index contributed by atoms with van der Waals surface area (Å²) in [7, 11) is 2.04. The Hall–Kier alpha value is -1.00. The lowest BCUT2D eigenvalue weighted by atomic mass is 9.90. The third-order valence-corrected chi connectivity index (χ3v) is 3.88. The van der Waals surface area contributed by atoms with Crippen LogP contribution in [-0.2, 0) is 6.54 Å². The first kappa shape index (κ1) is 13.4. The first-order chi connectivity index (χ1) is 8.72. The lowest BCUT2D eigenvalue weighted by Crippen LogP contribution is -2.47. The maximum atomic E-state index is 13.1. The van der Waals surface area contributed by atoms with E-state index in [-0.39, 0.29) is 5.82 Å². The van der Waals surface area contributed by atoms with Gasteiger partial charge < -0.3 is 5.32 Å². The van der Waals surface area contributed by atoms with Crippen LogP contribution in [0.25, 0.3) is 0 Å². The van der Waals surface area contributed by atoms with E-state index in [1.807, 2.05) is 7.05 Å². The zero-order valence-electron chi connectivity index (χ0n) is 11.2. The van der Waals surface area contributed by atoms with Crippen LogP contribution in [0.3, 0.4) is 0 Å². The van der Waals surface area contributed by atoms with E-state index < -0.39 is 0 Å². The quantitative estimate of drug-likeness (QED) is 0.887. The molecule has 0 saturated carbocycles. The van der Waals surface area contributed by atoms with E-state index in [0.29, 0.717) is 12.0 Å². The molecule has 0 aromatic carbocycles. The third kappa shape index (κ3) is 3.27. The molecule has 1 saturated heterocycles. The number of nitrogens with zero attached hydrogens (tertiary/aromatic N) is 2. The van der Waals surface area contributed by atoms with Crippen LogP contribution in [0, 0.1) is 11.7 Å². The predicted molar refractivity (Wildman–Crippen MR) is 70.7 cm³/mol. The first-order valence-electron chi connectivity index (χ1n) is 6.72. The van der Waals surface area contributed by atoms with Crippen LogP contribution < -0.4 is 5.32 Å². The topological polar surface area (TPSA) is 28.2 Å². The van der Waals surface area contributed by atoms with Gasteiger partial charge in [0.15, 0.2) is 0 Å². The van der Waals surface area contributed by atoms with Crippen LogP contribution in [0.4, 0.5) is 4.39 Å². The van der Waals surface area contributed by atoms with Crippen LogP contribution in [0.15, 0.2) is 18.5 Å². The minimum atomic E-state index is -0.246. The molecule has 100 valence electrons. The fraction of sp³-hybridized carbons (Fsp3) is 0.643. The zero-order valence-corrected chi connectivity index (χ0v) is 11.2. The molecular weight excluding hydrogens is 229 g/mol. The average Bonchev–Trinajstić information content (AvgIpc) is 2.38. The Morgan fingerprint density at radius 3 is 3.00 bits per heavy atom. The molecule has 2 unspecified atom stereocenters. The Balaban J connectivity index is 1.95. The van der Waals surface area contributed by atoms with Crippen molar-refractivity contribution in [1.82, 2.24) is 15.2 Å². The molecule has 0 bridgehead atoms. The SMILES string of the molecule is CCC1CN(Cc2cncc(F)c2)CCC1NC. The molecule has 1 aromatic heterocycles. The summed E-state index contributed by atoms with van der Waals surface area (Å²) in [5.41, 5.74) is 0.966. The summed E-state index contributed by atoms with van der Waals surface area (Å²) in [6.45, 7) is 5.19. The van der Waals surface area contributed by atoms with Crippen LogP contribution >= 0.6 is 0 Å². The summed E-state index contributed by atoms with van der Waals surface area (Å²) in [6.07, 6.45) is 5.36. The average molecular weight is 251 g/mol. The van der Waals surface area contributed by atoms with Gasteiger partial charge in [-0.25, -0.2) is 4.39 Å². The third-order valence-electron chi connectivity index (χ3n) is 3.88. The normalized spacial score (nSPS) is 25.3. The Bertz CT molecular complexity index is 383. The number of likely N-dealkylation sites (tertiary alicyclic amines) is 1. The van der Waals surface area contributed by atoms with Crippen molar-refractivity contribution >= 4 is 0 Å². The van der Waals surface area contributed by atoms with E-state index in [0.717, 1.165) is 31.6 Å². The zero-order chi connectivity index (χ0) is 13.0. The highest BCUT2D eigenvalue weighted by atomic mass is 19.1. The summed E-state index contributed by atoms with van der Waals surface area (Å²) < 4.78 is 13.1. The van der Waals surface area contributed by atoms with Gasteiger partial charge in [-0.1, -0.05) is 13.3 Å². The largest absolute Gasteiger partial charge is 0.317 e. The fourth-order valence-electron chi connectivity index (χ4n) is 2.85. The second-order valence-corrected chi connectivity index (χ2v) is 5.10. The second-order valence-electron chi connectivity index (χ2n) is 5.10. The lowest BCUT2D eigenvalue weighted by molar-refractivity contribution is 0.132. The summed E-state index contributed by atoms with van der Waals surface area (Å²) in [5, 5.41) is 3.40. The van der Waals surface area contributed by atoms with Crippen LogP contribution in [0.5, 0.6) is 0 Å². The van der Waals surface area contributed by atoms with Crippen molar-refractivity contribution in [3.05, 3.63) is 29.8 Å². The Morgan fingerprint density at radius 2 is 2.33 bits per heavy atom. The van der Waals surface area contributed by atoms with Gasteiger partial charge in [0.2, 0.25) is 0 Å². The van der Waals surface area contributed by atoms with Gasteiger partial charge in [-0.3, -0.25) is 9.88 Å². The van der Waals surface area contributed by atoms with Gasteiger partial charge >= 0.3 is 0 Å². The Morgan fingerprint density at radius 1 is 1.50 bits per heavy atom. The Kier molecular flexibility index (Phi) is 4.66. The van der Waals surface area contributed by atoms with Crippen molar-refractivity contribution in [2.24, 2.45) is 5.92 Å². The second kappa shape index (κ2) is 6.25. The number of halogens is 1. The van der Waals surface area contributed by atoms with E-state index in [4.69, 9.17) is 0 Å². The number of piperidine rings is 1. The summed E-state index contributed by atoms with van der Waals surface area (Å²) in [4.78, 5) is 6.31. The van der Waals surface area contributed by atoms with Crippen LogP contribution in [0.2, 0.25) is 0 Å². The van der Waals surface area contributed by atoms with E-state index in [2.05, 4.69) is 22.1 Å². The minimum Gasteiger partial charge on any atom is -0.317 e. The smallest absolute Gasteiger partial charge is 0.141 e. The highest BCUT2D eigenvalue weighted by Crippen LogP contribution is 2.21. The summed E-state index contributed by atoms with van der Waals surface area (Å²) in [6, 6.07) is 2.20. The molecule has 0 aliphatic carbocycles. The molecular formula is C14H22FN3. The van der Waals surface area contributed by atoms with Crippen molar-refractivity contribution in [2.45, 2.75) is 32.4 Å². The van der Waals surface area contributed by atoms with Gasteiger partial charge in [0.05, 0.1) is 6.20 Å². The molecule has 3 nitrogen and oxygen atoms in total. The standard InChI is InChI=1S/C14H22FN3/c1-3-12-10-18(5-4-14(12)16-2)9-11-6-13(15)8-17-7-11/h6-8,12,14,16H,3-5,9-10H2,1-2H3. The molecule has 2 atom stereocenters. The number of hydrogen-bond acceptors (Lipinski definition) is 3. The van der Waals surface area contributed by atoms with E-state index in [1.165, 1.54) is 12.6 Å². The van der Waals surface area contributed by atoms with Gasteiger partial charge in [0.25, 0.3) is 0 Å². The van der Waals surface area contributed by atoms with E-state index in [9.17, 15) is 4.39 Å². The predicted octanol–water partition coefficient (Wildman–Crippen LogP) is 2.04. The minimum absolute atomic E-state index is 0.246. The monoisotopic (exact) mass is 251 g/mol. The number of pyridine rings is 1. The maximum absolute atomic E-state index is 13.1. The first-order valence-corrected chi connectivity index (χ1v) is 6.72. The van der Waals surface area contributed by atoms with Gasteiger partial charge in [0, 0.05) is 25.3 Å². The van der Waals surface area contributed by atoms with Crippen molar-refractivity contribution < 1.29 is 4.39 Å². The summed E-state index contributed by atoms with van der Waals surface area (Å²) >= 11 is 0. The molecule has 0 amide bonds. The van der Waals surface area contributed by atoms with E-state index in [1.54, 1.807) is 12.3 Å².